The third kappa shape index (κ3) is 3.18. The molecule has 4 atom stereocenters. The van der Waals surface area contributed by atoms with Crippen molar-refractivity contribution in [2.75, 3.05) is 41.5 Å². The zero-order valence-electron chi connectivity index (χ0n) is 16.5. The lowest BCUT2D eigenvalue weighted by molar-refractivity contribution is 0.0767. The van der Waals surface area contributed by atoms with Crippen molar-refractivity contribution in [2.24, 2.45) is 16.8 Å². The number of fused-ring (bicyclic) bond motifs is 5. The van der Waals surface area contributed by atoms with Crippen molar-refractivity contribution in [1.82, 2.24) is 10.2 Å². The van der Waals surface area contributed by atoms with Gasteiger partial charge in [0.05, 0.1) is 33.5 Å². The van der Waals surface area contributed by atoms with E-state index in [1.165, 1.54) is 12.8 Å². The van der Waals surface area contributed by atoms with Gasteiger partial charge in [0.2, 0.25) is 0 Å². The van der Waals surface area contributed by atoms with Crippen LogP contribution in [0.1, 0.15) is 18.4 Å². The molecule has 7 heteroatoms. The molecule has 148 valence electrons. The van der Waals surface area contributed by atoms with Crippen LogP contribution in [0, 0.1) is 11.8 Å². The molecular formula is C20H29N3O4. The van der Waals surface area contributed by atoms with Gasteiger partial charge in [-0.3, -0.25) is 4.99 Å². The highest BCUT2D eigenvalue weighted by atomic mass is 16.5. The minimum atomic E-state index is 0.453. The van der Waals surface area contributed by atoms with E-state index in [9.17, 15) is 0 Å². The molecule has 4 rings (SSSR count). The Morgan fingerprint density at radius 3 is 2.19 bits per heavy atom. The van der Waals surface area contributed by atoms with Crippen LogP contribution in [0.15, 0.2) is 17.1 Å². The van der Waals surface area contributed by atoms with Gasteiger partial charge in [0.1, 0.15) is 5.75 Å². The first-order valence-electron chi connectivity index (χ1n) is 9.58. The summed E-state index contributed by atoms with van der Waals surface area (Å²) in [5, 5.41) is 3.49. The van der Waals surface area contributed by atoms with Crippen molar-refractivity contribution < 1.29 is 18.9 Å². The number of hydrogen-bond donors (Lipinski definition) is 1. The summed E-state index contributed by atoms with van der Waals surface area (Å²) in [4.78, 5) is 6.88. The maximum Gasteiger partial charge on any atom is 0.193 e. The Labute approximate surface area is 160 Å². The van der Waals surface area contributed by atoms with Crippen LogP contribution < -0.4 is 19.5 Å². The van der Waals surface area contributed by atoms with Gasteiger partial charge >= 0.3 is 0 Å². The van der Waals surface area contributed by atoms with E-state index >= 15 is 0 Å². The highest BCUT2D eigenvalue weighted by molar-refractivity contribution is 5.80. The van der Waals surface area contributed by atoms with Gasteiger partial charge in [0.25, 0.3) is 0 Å². The lowest BCUT2D eigenvalue weighted by Crippen LogP contribution is -2.41. The third-order valence-corrected chi connectivity index (χ3v) is 6.19. The van der Waals surface area contributed by atoms with Crippen LogP contribution in [0.2, 0.25) is 0 Å². The standard InChI is InChI=1S/C20H29N3O4/c1-21-20(23-10-13-14(11-23)16-6-5-15(13)27-16)22-9-12-7-18(25-3)19(26-4)8-17(12)24-2/h7-8,13-16H,5-6,9-11H2,1-4H3,(H,21,22). The number of nitrogens with one attached hydrogen (secondary N) is 1. The van der Waals surface area contributed by atoms with E-state index in [1.807, 2.05) is 19.2 Å². The number of rotatable bonds is 5. The van der Waals surface area contributed by atoms with Crippen molar-refractivity contribution >= 4 is 5.96 Å². The number of benzene rings is 1. The highest BCUT2D eigenvalue weighted by Gasteiger charge is 2.53. The second-order valence-electron chi connectivity index (χ2n) is 7.44. The number of likely N-dealkylation sites (tertiary alicyclic amines) is 1. The van der Waals surface area contributed by atoms with E-state index in [2.05, 4.69) is 15.2 Å². The maximum atomic E-state index is 6.08. The van der Waals surface area contributed by atoms with Gasteiger partial charge in [-0.05, 0) is 18.9 Å². The van der Waals surface area contributed by atoms with Gasteiger partial charge in [-0.2, -0.15) is 0 Å². The van der Waals surface area contributed by atoms with E-state index < -0.39 is 0 Å². The Balaban J connectivity index is 1.45. The molecule has 3 aliphatic rings. The molecule has 0 spiro atoms. The molecule has 7 nitrogen and oxygen atoms in total. The predicted molar refractivity (Wildman–Crippen MR) is 103 cm³/mol. The minimum Gasteiger partial charge on any atom is -0.496 e. The van der Waals surface area contributed by atoms with E-state index in [0.29, 0.717) is 42.1 Å². The van der Waals surface area contributed by atoms with Crippen molar-refractivity contribution in [1.29, 1.82) is 0 Å². The number of nitrogens with zero attached hydrogens (tertiary/aromatic N) is 2. The molecule has 4 unspecified atom stereocenters. The van der Waals surface area contributed by atoms with Crippen LogP contribution in [0.25, 0.3) is 0 Å². The molecule has 0 amide bonds. The summed E-state index contributed by atoms with van der Waals surface area (Å²) in [6.07, 6.45) is 3.34. The molecule has 3 heterocycles. The molecule has 3 fully saturated rings. The Morgan fingerprint density at radius 2 is 1.63 bits per heavy atom. The van der Waals surface area contributed by atoms with Crippen LogP contribution in [0.5, 0.6) is 17.2 Å². The van der Waals surface area contributed by atoms with Crippen LogP contribution in [-0.2, 0) is 11.3 Å². The third-order valence-electron chi connectivity index (χ3n) is 6.19. The van der Waals surface area contributed by atoms with Gasteiger partial charge in [-0.25, -0.2) is 0 Å². The summed E-state index contributed by atoms with van der Waals surface area (Å²) in [6, 6.07) is 3.80. The first kappa shape index (κ1) is 18.2. The number of guanidine groups is 1. The van der Waals surface area contributed by atoms with Crippen molar-refractivity contribution in [3.63, 3.8) is 0 Å². The SMILES string of the molecule is CN=C(NCc1cc(OC)c(OC)cc1OC)N1CC2C3CCC(O3)C2C1. The molecular weight excluding hydrogens is 346 g/mol. The van der Waals surface area contributed by atoms with Gasteiger partial charge in [0.15, 0.2) is 17.5 Å². The lowest BCUT2D eigenvalue weighted by atomic mass is 9.82. The highest BCUT2D eigenvalue weighted by Crippen LogP contribution is 2.47. The summed E-state index contributed by atoms with van der Waals surface area (Å²) in [7, 11) is 6.77. The molecule has 3 saturated heterocycles. The Bertz CT molecular complexity index is 705. The summed E-state index contributed by atoms with van der Waals surface area (Å²) in [5.74, 6) is 4.34. The van der Waals surface area contributed by atoms with Crippen LogP contribution in [0.3, 0.4) is 0 Å². The van der Waals surface area contributed by atoms with Gasteiger partial charge in [0, 0.05) is 50.1 Å². The quantitative estimate of drug-likeness (QED) is 0.626. The van der Waals surface area contributed by atoms with Crippen molar-refractivity contribution in [3.05, 3.63) is 17.7 Å². The molecule has 3 aliphatic heterocycles. The second-order valence-corrected chi connectivity index (χ2v) is 7.44. The summed E-state index contributed by atoms with van der Waals surface area (Å²) >= 11 is 0. The summed E-state index contributed by atoms with van der Waals surface area (Å²) in [5.41, 5.74) is 0.999. The largest absolute Gasteiger partial charge is 0.496 e. The summed E-state index contributed by atoms with van der Waals surface area (Å²) in [6.45, 7) is 2.65. The maximum absolute atomic E-state index is 6.08. The molecule has 0 saturated carbocycles. The lowest BCUT2D eigenvalue weighted by Gasteiger charge is -2.24. The first-order valence-corrected chi connectivity index (χ1v) is 9.58. The fraction of sp³-hybridized carbons (Fsp3) is 0.650. The number of methoxy groups -OCH3 is 3. The molecule has 0 aromatic heterocycles. The predicted octanol–water partition coefficient (Wildman–Crippen LogP) is 1.90. The van der Waals surface area contributed by atoms with Crippen LogP contribution in [-0.4, -0.2) is 64.5 Å². The second kappa shape index (κ2) is 7.46. The zero-order valence-corrected chi connectivity index (χ0v) is 16.5. The fourth-order valence-corrected chi connectivity index (χ4v) is 4.87. The zero-order chi connectivity index (χ0) is 19.0. The van der Waals surface area contributed by atoms with Crippen molar-refractivity contribution in [3.8, 4) is 17.2 Å². The average molecular weight is 375 g/mol. The Kier molecular flexibility index (Phi) is 5.04. The van der Waals surface area contributed by atoms with Gasteiger partial charge < -0.3 is 29.2 Å². The molecule has 0 aliphatic carbocycles. The smallest absolute Gasteiger partial charge is 0.193 e. The molecule has 1 aromatic rings. The normalized spacial score (nSPS) is 29.0. The average Bonchev–Trinajstić information content (AvgIpc) is 3.41. The number of ether oxygens (including phenoxy) is 4. The monoisotopic (exact) mass is 375 g/mol. The minimum absolute atomic E-state index is 0.453. The number of hydrogen-bond acceptors (Lipinski definition) is 5. The Hall–Kier alpha value is -2.15. The van der Waals surface area contributed by atoms with Crippen molar-refractivity contribution in [2.45, 2.75) is 31.6 Å². The molecule has 0 radical (unpaired) electrons. The van der Waals surface area contributed by atoms with Crippen LogP contribution >= 0.6 is 0 Å². The topological polar surface area (TPSA) is 64.6 Å². The molecule has 27 heavy (non-hydrogen) atoms. The Morgan fingerprint density at radius 1 is 1.04 bits per heavy atom. The molecule has 1 N–H and O–H groups in total. The van der Waals surface area contributed by atoms with E-state index in [-0.39, 0.29) is 0 Å². The van der Waals surface area contributed by atoms with E-state index in [1.54, 1.807) is 21.3 Å². The van der Waals surface area contributed by atoms with E-state index in [4.69, 9.17) is 18.9 Å². The first-order chi connectivity index (χ1) is 13.2. The van der Waals surface area contributed by atoms with Gasteiger partial charge in [-0.1, -0.05) is 0 Å². The summed E-state index contributed by atoms with van der Waals surface area (Å²) < 4.78 is 22.4. The fourth-order valence-electron chi connectivity index (χ4n) is 4.87. The number of aliphatic imine (C=N–C) groups is 1. The van der Waals surface area contributed by atoms with Gasteiger partial charge in [-0.15, -0.1) is 0 Å². The molecule has 1 aromatic carbocycles. The van der Waals surface area contributed by atoms with Crippen LogP contribution in [0.4, 0.5) is 0 Å². The molecule has 2 bridgehead atoms. The van der Waals surface area contributed by atoms with E-state index in [0.717, 1.165) is 30.4 Å².